The van der Waals surface area contributed by atoms with E-state index < -0.39 is 0 Å². The van der Waals surface area contributed by atoms with Gasteiger partial charge in [-0.25, -0.2) is 14.3 Å². The summed E-state index contributed by atoms with van der Waals surface area (Å²) in [6.07, 6.45) is 3.33. The van der Waals surface area contributed by atoms with Gasteiger partial charge in [-0.05, 0) is 52.0 Å². The molecule has 0 saturated heterocycles. The average Bonchev–Trinajstić information content (AvgIpc) is 3.24. The van der Waals surface area contributed by atoms with E-state index in [1.165, 1.54) is 0 Å². The molecule has 0 bridgehead atoms. The van der Waals surface area contributed by atoms with Gasteiger partial charge in [-0.3, -0.25) is 4.79 Å². The summed E-state index contributed by atoms with van der Waals surface area (Å²) in [7, 11) is 0. The highest BCUT2D eigenvalue weighted by Gasteiger charge is 2.15. The highest BCUT2D eigenvalue weighted by atomic mass is 16.1. The molecule has 3 aromatic heterocycles. The molecule has 0 radical (unpaired) electrons. The first kappa shape index (κ1) is 17.9. The zero-order valence-electron chi connectivity index (χ0n) is 16.3. The van der Waals surface area contributed by atoms with E-state index in [9.17, 15) is 4.79 Å². The van der Waals surface area contributed by atoms with Gasteiger partial charge in [0.25, 0.3) is 5.91 Å². The van der Waals surface area contributed by atoms with Crippen LogP contribution in [0.25, 0.3) is 16.7 Å². The van der Waals surface area contributed by atoms with Crippen LogP contribution in [0.4, 0.5) is 5.69 Å². The van der Waals surface area contributed by atoms with Crippen LogP contribution < -0.4 is 5.32 Å². The maximum atomic E-state index is 12.9. The minimum atomic E-state index is -0.222. The smallest absolute Gasteiger partial charge is 0.257 e. The second-order valence-electron chi connectivity index (χ2n) is 7.13. The lowest BCUT2D eigenvalue weighted by Gasteiger charge is -2.12. The van der Waals surface area contributed by atoms with Crippen LogP contribution in [0.1, 0.15) is 41.6 Å². The highest BCUT2D eigenvalue weighted by Crippen LogP contribution is 2.23. The van der Waals surface area contributed by atoms with Crippen LogP contribution in [0.3, 0.4) is 0 Å². The Morgan fingerprint density at radius 2 is 1.89 bits per heavy atom. The first-order valence-electron chi connectivity index (χ1n) is 9.21. The van der Waals surface area contributed by atoms with Crippen molar-refractivity contribution in [3.05, 3.63) is 65.7 Å². The Morgan fingerprint density at radius 1 is 1.11 bits per heavy atom. The summed E-state index contributed by atoms with van der Waals surface area (Å²) in [6, 6.07) is 11.6. The standard InChI is InChI=1S/C21H22N6O/c1-13(2)26-20-16(12-23-26)10-17(11-22-20)21(28)24-18-7-5-6-8-19(18)27-15(4)9-14(3)25-27/h5-13H,1-4H3,(H,24,28). The molecule has 142 valence electrons. The van der Waals surface area contributed by atoms with Crippen LogP contribution in [0.5, 0.6) is 0 Å². The Bertz CT molecular complexity index is 1170. The monoisotopic (exact) mass is 374 g/mol. The number of hydrogen-bond donors (Lipinski definition) is 1. The third-order valence-corrected chi connectivity index (χ3v) is 4.57. The van der Waals surface area contributed by atoms with E-state index in [0.717, 1.165) is 28.1 Å². The molecule has 0 saturated carbocycles. The van der Waals surface area contributed by atoms with E-state index >= 15 is 0 Å². The summed E-state index contributed by atoms with van der Waals surface area (Å²) in [5.74, 6) is -0.222. The maximum absolute atomic E-state index is 12.9. The molecule has 0 aliphatic carbocycles. The van der Waals surface area contributed by atoms with Crippen molar-refractivity contribution in [3.63, 3.8) is 0 Å². The van der Waals surface area contributed by atoms with E-state index in [-0.39, 0.29) is 11.9 Å². The van der Waals surface area contributed by atoms with Crippen LogP contribution in [-0.2, 0) is 0 Å². The van der Waals surface area contributed by atoms with Crippen molar-refractivity contribution < 1.29 is 4.79 Å². The van der Waals surface area contributed by atoms with Crippen LogP contribution in [0, 0.1) is 13.8 Å². The number of rotatable bonds is 4. The number of aryl methyl sites for hydroxylation is 2. The molecule has 0 aliphatic heterocycles. The third kappa shape index (κ3) is 3.15. The number of benzene rings is 1. The van der Waals surface area contributed by atoms with Gasteiger partial charge in [0.1, 0.15) is 0 Å². The number of para-hydroxylation sites is 2. The summed E-state index contributed by atoms with van der Waals surface area (Å²) in [6.45, 7) is 8.03. The van der Waals surface area contributed by atoms with E-state index in [4.69, 9.17) is 0 Å². The lowest BCUT2D eigenvalue weighted by molar-refractivity contribution is 0.102. The van der Waals surface area contributed by atoms with Crippen LogP contribution in [-0.4, -0.2) is 30.5 Å². The largest absolute Gasteiger partial charge is 0.320 e. The highest BCUT2D eigenvalue weighted by molar-refractivity contribution is 6.06. The average molecular weight is 374 g/mol. The van der Waals surface area contributed by atoms with Crippen molar-refractivity contribution in [2.75, 3.05) is 5.32 Å². The Morgan fingerprint density at radius 3 is 2.61 bits per heavy atom. The molecule has 28 heavy (non-hydrogen) atoms. The molecule has 7 nitrogen and oxygen atoms in total. The number of fused-ring (bicyclic) bond motifs is 1. The van der Waals surface area contributed by atoms with Gasteiger partial charge in [-0.15, -0.1) is 0 Å². The van der Waals surface area contributed by atoms with Gasteiger partial charge in [0.15, 0.2) is 5.65 Å². The lowest BCUT2D eigenvalue weighted by atomic mass is 10.2. The minimum absolute atomic E-state index is 0.206. The van der Waals surface area contributed by atoms with Gasteiger partial charge in [0.05, 0.1) is 28.8 Å². The van der Waals surface area contributed by atoms with E-state index in [1.807, 2.05) is 73.5 Å². The van der Waals surface area contributed by atoms with Gasteiger partial charge in [-0.2, -0.15) is 10.2 Å². The molecule has 0 atom stereocenters. The van der Waals surface area contributed by atoms with Crippen molar-refractivity contribution in [1.82, 2.24) is 24.5 Å². The normalized spacial score (nSPS) is 11.3. The summed E-state index contributed by atoms with van der Waals surface area (Å²) < 4.78 is 3.67. The number of amides is 1. The SMILES string of the molecule is Cc1cc(C)n(-c2ccccc2NC(=O)c2cnc3c(cnn3C(C)C)c2)n1. The zero-order valence-corrected chi connectivity index (χ0v) is 16.3. The van der Waals surface area contributed by atoms with E-state index in [1.54, 1.807) is 12.4 Å². The Kier molecular flexibility index (Phi) is 4.43. The molecule has 4 rings (SSSR count). The number of anilines is 1. The van der Waals surface area contributed by atoms with Crippen molar-refractivity contribution in [2.24, 2.45) is 0 Å². The predicted octanol–water partition coefficient (Wildman–Crippen LogP) is 4.07. The molecule has 4 aromatic rings. The number of carbonyl (C=O) groups excluding carboxylic acids is 1. The number of nitrogens with zero attached hydrogens (tertiary/aromatic N) is 5. The van der Waals surface area contributed by atoms with Crippen LogP contribution in [0.15, 0.2) is 48.8 Å². The molecule has 0 aliphatic rings. The van der Waals surface area contributed by atoms with E-state index in [2.05, 4.69) is 20.5 Å². The van der Waals surface area contributed by atoms with Crippen LogP contribution >= 0.6 is 0 Å². The van der Waals surface area contributed by atoms with Crippen molar-refractivity contribution in [1.29, 1.82) is 0 Å². The number of nitrogens with one attached hydrogen (secondary N) is 1. The van der Waals surface area contributed by atoms with Gasteiger partial charge in [0.2, 0.25) is 0 Å². The maximum Gasteiger partial charge on any atom is 0.257 e. The number of aromatic nitrogens is 5. The molecular weight excluding hydrogens is 352 g/mol. The predicted molar refractivity (Wildman–Crippen MR) is 109 cm³/mol. The summed E-state index contributed by atoms with van der Waals surface area (Å²) in [5, 5.41) is 12.7. The molecule has 0 unspecified atom stereocenters. The number of hydrogen-bond acceptors (Lipinski definition) is 4. The first-order chi connectivity index (χ1) is 13.4. The fourth-order valence-corrected chi connectivity index (χ4v) is 3.27. The molecular formula is C21H22N6O. The van der Waals surface area contributed by atoms with Gasteiger partial charge in [-0.1, -0.05) is 12.1 Å². The van der Waals surface area contributed by atoms with Gasteiger partial charge < -0.3 is 5.32 Å². The van der Waals surface area contributed by atoms with Gasteiger partial charge in [0, 0.05) is 23.3 Å². The zero-order chi connectivity index (χ0) is 19.8. The fraction of sp³-hybridized carbons (Fsp3) is 0.238. The molecule has 1 N–H and O–H groups in total. The fourth-order valence-electron chi connectivity index (χ4n) is 3.27. The summed E-state index contributed by atoms with van der Waals surface area (Å²) >= 11 is 0. The van der Waals surface area contributed by atoms with Crippen LogP contribution in [0.2, 0.25) is 0 Å². The van der Waals surface area contributed by atoms with Crippen molar-refractivity contribution >= 4 is 22.6 Å². The molecule has 3 heterocycles. The Hall–Kier alpha value is -3.48. The quantitative estimate of drug-likeness (QED) is 0.584. The minimum Gasteiger partial charge on any atom is -0.320 e. The lowest BCUT2D eigenvalue weighted by Crippen LogP contribution is -2.15. The molecule has 0 spiro atoms. The molecule has 1 amide bonds. The molecule has 1 aromatic carbocycles. The second-order valence-corrected chi connectivity index (χ2v) is 7.13. The third-order valence-electron chi connectivity index (χ3n) is 4.57. The molecule has 7 heteroatoms. The van der Waals surface area contributed by atoms with Crippen molar-refractivity contribution in [2.45, 2.75) is 33.7 Å². The van der Waals surface area contributed by atoms with E-state index in [0.29, 0.717) is 11.3 Å². The molecule has 0 fully saturated rings. The first-order valence-corrected chi connectivity index (χ1v) is 9.21. The summed E-state index contributed by atoms with van der Waals surface area (Å²) in [4.78, 5) is 17.3. The van der Waals surface area contributed by atoms with Gasteiger partial charge >= 0.3 is 0 Å². The Labute approximate surface area is 163 Å². The summed E-state index contributed by atoms with van der Waals surface area (Å²) in [5.41, 5.74) is 4.70. The number of carbonyl (C=O) groups is 1. The second kappa shape index (κ2) is 6.92. The topological polar surface area (TPSA) is 77.6 Å². The Balaban J connectivity index is 1.66. The van der Waals surface area contributed by atoms with Crippen molar-refractivity contribution in [3.8, 4) is 5.69 Å². The number of pyridine rings is 1.